The Morgan fingerprint density at radius 1 is 1.36 bits per heavy atom. The van der Waals surface area contributed by atoms with Gasteiger partial charge in [-0.15, -0.1) is 0 Å². The highest BCUT2D eigenvalue weighted by Gasteiger charge is 2.27. The van der Waals surface area contributed by atoms with Crippen LogP contribution in [-0.4, -0.2) is 54.3 Å². The summed E-state index contributed by atoms with van der Waals surface area (Å²) in [7, 11) is -3.53. The molecule has 134 valence electrons. The third-order valence-electron chi connectivity index (χ3n) is 4.05. The molecule has 1 fully saturated rings. The highest BCUT2D eigenvalue weighted by molar-refractivity contribution is 7.99. The lowest BCUT2D eigenvalue weighted by molar-refractivity contribution is 0.0730. The predicted molar refractivity (Wildman–Crippen MR) is 95.9 cm³/mol. The molecule has 0 amide bonds. The summed E-state index contributed by atoms with van der Waals surface area (Å²) in [5.41, 5.74) is 1.57. The molecule has 0 saturated carbocycles. The molecule has 0 spiro atoms. The van der Waals surface area contributed by atoms with E-state index in [1.54, 1.807) is 12.1 Å². The molecule has 0 N–H and O–H groups in total. The van der Waals surface area contributed by atoms with Gasteiger partial charge in [-0.1, -0.05) is 11.8 Å². The second kappa shape index (κ2) is 7.74. The summed E-state index contributed by atoms with van der Waals surface area (Å²) >= 11 is 1.52. The van der Waals surface area contributed by atoms with E-state index in [2.05, 4.69) is 11.1 Å². The molecule has 9 heteroatoms. The molecule has 25 heavy (non-hydrogen) atoms. The number of benzene rings is 1. The van der Waals surface area contributed by atoms with Gasteiger partial charge in [-0.25, -0.2) is 13.4 Å². The first-order chi connectivity index (χ1) is 12.1. The standard InChI is InChI=1S/C16H20N4O3S2/c1-2-20-15-5-4-13(25(21,22)19-7-9-23-10-8-19)12-14(15)18-16(20)24-11-3-6-17/h4-5,12H,2-3,7-11H2,1H3. The van der Waals surface area contributed by atoms with Crippen LogP contribution in [0.15, 0.2) is 28.3 Å². The third kappa shape index (κ3) is 3.67. The van der Waals surface area contributed by atoms with Gasteiger partial charge in [0.25, 0.3) is 0 Å². The molecule has 0 radical (unpaired) electrons. The molecule has 1 saturated heterocycles. The summed E-state index contributed by atoms with van der Waals surface area (Å²) in [4.78, 5) is 4.84. The number of hydrogen-bond donors (Lipinski definition) is 0. The van der Waals surface area contributed by atoms with Crippen LogP contribution in [0.3, 0.4) is 0 Å². The maximum Gasteiger partial charge on any atom is 0.243 e. The smallest absolute Gasteiger partial charge is 0.243 e. The molecule has 1 aromatic carbocycles. The average molecular weight is 380 g/mol. The first-order valence-electron chi connectivity index (χ1n) is 8.16. The fraction of sp³-hybridized carbons (Fsp3) is 0.500. The topological polar surface area (TPSA) is 88.2 Å². The molecule has 7 nitrogen and oxygen atoms in total. The zero-order chi connectivity index (χ0) is 17.9. The number of ether oxygens (including phenoxy) is 1. The Morgan fingerprint density at radius 2 is 2.12 bits per heavy atom. The van der Waals surface area contributed by atoms with Gasteiger partial charge >= 0.3 is 0 Å². The largest absolute Gasteiger partial charge is 0.379 e. The van der Waals surface area contributed by atoms with E-state index in [-0.39, 0.29) is 4.90 Å². The van der Waals surface area contributed by atoms with Gasteiger partial charge in [0, 0.05) is 31.8 Å². The van der Waals surface area contributed by atoms with Crippen molar-refractivity contribution in [1.29, 1.82) is 5.26 Å². The fourth-order valence-electron chi connectivity index (χ4n) is 2.79. The van der Waals surface area contributed by atoms with Crippen molar-refractivity contribution in [1.82, 2.24) is 13.9 Å². The highest BCUT2D eigenvalue weighted by atomic mass is 32.2. The number of aromatic nitrogens is 2. The van der Waals surface area contributed by atoms with E-state index in [1.165, 1.54) is 16.1 Å². The van der Waals surface area contributed by atoms with Crippen LogP contribution in [0, 0.1) is 11.3 Å². The molecule has 0 bridgehead atoms. The number of hydrogen-bond acceptors (Lipinski definition) is 6. The molecular weight excluding hydrogens is 360 g/mol. The van der Waals surface area contributed by atoms with Crippen molar-refractivity contribution < 1.29 is 13.2 Å². The molecule has 2 aromatic rings. The van der Waals surface area contributed by atoms with Crippen molar-refractivity contribution in [3.05, 3.63) is 18.2 Å². The van der Waals surface area contributed by atoms with Crippen LogP contribution in [0.25, 0.3) is 11.0 Å². The van der Waals surface area contributed by atoms with Crippen LogP contribution < -0.4 is 0 Å². The van der Waals surface area contributed by atoms with Crippen molar-refractivity contribution in [2.75, 3.05) is 32.1 Å². The minimum absolute atomic E-state index is 0.260. The number of sulfonamides is 1. The Morgan fingerprint density at radius 3 is 2.80 bits per heavy atom. The van der Waals surface area contributed by atoms with Gasteiger partial charge in [0.1, 0.15) is 0 Å². The van der Waals surface area contributed by atoms with Gasteiger partial charge in [0.2, 0.25) is 10.0 Å². The quantitative estimate of drug-likeness (QED) is 0.563. The molecular formula is C16H20N4O3S2. The maximum atomic E-state index is 12.8. The fourth-order valence-corrected chi connectivity index (χ4v) is 5.14. The van der Waals surface area contributed by atoms with E-state index >= 15 is 0 Å². The Labute approximate surface area is 151 Å². The SMILES string of the molecule is CCn1c(SCCC#N)nc2cc(S(=O)(=O)N3CCOCC3)ccc21. The number of imidazole rings is 1. The van der Waals surface area contributed by atoms with Gasteiger partial charge in [-0.05, 0) is 25.1 Å². The average Bonchev–Trinajstić information content (AvgIpc) is 2.99. The summed E-state index contributed by atoms with van der Waals surface area (Å²) in [6.45, 7) is 4.35. The van der Waals surface area contributed by atoms with Gasteiger partial charge in [-0.3, -0.25) is 0 Å². The molecule has 0 aliphatic carbocycles. The van der Waals surface area contributed by atoms with E-state index < -0.39 is 10.0 Å². The highest BCUT2D eigenvalue weighted by Crippen LogP contribution is 2.27. The number of nitriles is 1. The Kier molecular flexibility index (Phi) is 5.64. The minimum Gasteiger partial charge on any atom is -0.379 e. The molecule has 1 aliphatic heterocycles. The first kappa shape index (κ1) is 18.2. The van der Waals surface area contributed by atoms with Gasteiger partial charge in [0.15, 0.2) is 5.16 Å². The van der Waals surface area contributed by atoms with Crippen LogP contribution in [0.2, 0.25) is 0 Å². The molecule has 1 aliphatic rings. The van der Waals surface area contributed by atoms with Crippen LogP contribution in [0.4, 0.5) is 0 Å². The molecule has 3 rings (SSSR count). The van der Waals surface area contributed by atoms with Crippen molar-refractivity contribution in [2.24, 2.45) is 0 Å². The summed E-state index contributed by atoms with van der Waals surface area (Å²) in [5, 5.41) is 9.50. The number of fused-ring (bicyclic) bond motifs is 1. The first-order valence-corrected chi connectivity index (χ1v) is 10.6. The number of aryl methyl sites for hydroxylation is 1. The number of rotatable bonds is 6. The third-order valence-corrected chi connectivity index (χ3v) is 6.93. The summed E-state index contributed by atoms with van der Waals surface area (Å²) < 4.78 is 34.3. The number of thioether (sulfide) groups is 1. The normalized spacial score (nSPS) is 16.2. The van der Waals surface area contributed by atoms with Crippen LogP contribution >= 0.6 is 11.8 Å². The summed E-state index contributed by atoms with van der Waals surface area (Å²) in [6, 6.07) is 7.22. The van der Waals surface area contributed by atoms with Gasteiger partial charge in [-0.2, -0.15) is 9.57 Å². The van der Waals surface area contributed by atoms with Crippen molar-refractivity contribution >= 4 is 32.8 Å². The van der Waals surface area contributed by atoms with E-state index in [0.29, 0.717) is 44.0 Å². The second-order valence-corrected chi connectivity index (χ2v) is 8.56. The van der Waals surface area contributed by atoms with E-state index in [4.69, 9.17) is 10.00 Å². The van der Waals surface area contributed by atoms with Crippen molar-refractivity contribution in [3.63, 3.8) is 0 Å². The van der Waals surface area contributed by atoms with E-state index in [1.807, 2.05) is 17.6 Å². The summed E-state index contributed by atoms with van der Waals surface area (Å²) in [5.74, 6) is 0.665. The molecule has 0 unspecified atom stereocenters. The second-order valence-electron chi connectivity index (χ2n) is 5.56. The van der Waals surface area contributed by atoms with Crippen LogP contribution in [0.5, 0.6) is 0 Å². The Hall–Kier alpha value is -1.60. The Bertz CT molecular complexity index is 896. The maximum absolute atomic E-state index is 12.8. The predicted octanol–water partition coefficient (Wildman–Crippen LogP) is 2.08. The van der Waals surface area contributed by atoms with Gasteiger partial charge < -0.3 is 9.30 Å². The summed E-state index contributed by atoms with van der Waals surface area (Å²) in [6.07, 6.45) is 0.453. The lowest BCUT2D eigenvalue weighted by Gasteiger charge is -2.26. The lowest BCUT2D eigenvalue weighted by atomic mass is 10.3. The van der Waals surface area contributed by atoms with E-state index in [0.717, 1.165) is 17.2 Å². The zero-order valence-electron chi connectivity index (χ0n) is 14.0. The van der Waals surface area contributed by atoms with E-state index in [9.17, 15) is 8.42 Å². The van der Waals surface area contributed by atoms with Crippen LogP contribution in [0.1, 0.15) is 13.3 Å². The number of nitrogens with zero attached hydrogens (tertiary/aromatic N) is 4. The molecule has 2 heterocycles. The lowest BCUT2D eigenvalue weighted by Crippen LogP contribution is -2.40. The van der Waals surface area contributed by atoms with Crippen molar-refractivity contribution in [3.8, 4) is 6.07 Å². The monoisotopic (exact) mass is 380 g/mol. The minimum atomic E-state index is -3.53. The van der Waals surface area contributed by atoms with Crippen molar-refractivity contribution in [2.45, 2.75) is 29.9 Å². The van der Waals surface area contributed by atoms with Crippen LogP contribution in [-0.2, 0) is 21.3 Å². The molecule has 1 aromatic heterocycles. The number of morpholine rings is 1. The zero-order valence-corrected chi connectivity index (χ0v) is 15.6. The molecule has 0 atom stereocenters. The Balaban J connectivity index is 1.95. The van der Waals surface area contributed by atoms with Gasteiger partial charge in [0.05, 0.1) is 35.2 Å².